The maximum Gasteiger partial charge on any atom is 0.408 e. The van der Waals surface area contributed by atoms with Crippen LogP contribution in [-0.4, -0.2) is 60.1 Å². The molecule has 0 aromatic heterocycles. The fourth-order valence-corrected chi connectivity index (χ4v) is 1.98. The van der Waals surface area contributed by atoms with E-state index in [4.69, 9.17) is 14.6 Å². The quantitative estimate of drug-likeness (QED) is 0.792. The normalized spacial score (nSPS) is 23.9. The zero-order chi connectivity index (χ0) is 14.6. The first-order valence-corrected chi connectivity index (χ1v) is 6.23. The molecule has 1 fully saturated rings. The van der Waals surface area contributed by atoms with Crippen LogP contribution < -0.4 is 5.32 Å². The van der Waals surface area contributed by atoms with Crippen LogP contribution >= 0.6 is 0 Å². The van der Waals surface area contributed by atoms with Crippen LogP contribution in [0.3, 0.4) is 0 Å². The molecule has 1 saturated heterocycles. The number of hydrogen-bond donors (Lipinski definition) is 2. The molecule has 0 aromatic rings. The molecule has 0 spiro atoms. The number of ether oxygens (including phenoxy) is 2. The van der Waals surface area contributed by atoms with Gasteiger partial charge in [0.2, 0.25) is 0 Å². The van der Waals surface area contributed by atoms with Gasteiger partial charge in [0.25, 0.3) is 0 Å². The Balaban J connectivity index is 2.61. The summed E-state index contributed by atoms with van der Waals surface area (Å²) < 4.78 is 10.4. The number of hydrogen-bond acceptors (Lipinski definition) is 4. The van der Waals surface area contributed by atoms with E-state index in [1.165, 1.54) is 4.90 Å². The Morgan fingerprint density at radius 3 is 2.47 bits per heavy atom. The Labute approximate surface area is 112 Å². The molecule has 2 atom stereocenters. The number of nitrogens with one attached hydrogen (secondary N) is 1. The van der Waals surface area contributed by atoms with Crippen molar-refractivity contribution in [3.63, 3.8) is 0 Å². The lowest BCUT2D eigenvalue weighted by molar-refractivity contribution is 0.00432. The number of methoxy groups -OCH3 is 1. The largest absolute Gasteiger partial charge is 0.465 e. The standard InChI is InChI=1S/C12H22N2O5/c1-12(2,3)19-10(15)13-8-7-14(11(16)17)6-5-9(8)18-4/h8-9H,5-7H2,1-4H3,(H,13,15)(H,16,17). The summed E-state index contributed by atoms with van der Waals surface area (Å²) >= 11 is 0. The Morgan fingerprint density at radius 1 is 1.37 bits per heavy atom. The van der Waals surface area contributed by atoms with Gasteiger partial charge in [-0.15, -0.1) is 0 Å². The lowest BCUT2D eigenvalue weighted by Crippen LogP contribution is -2.57. The summed E-state index contributed by atoms with van der Waals surface area (Å²) in [6.45, 7) is 5.91. The van der Waals surface area contributed by atoms with E-state index in [9.17, 15) is 9.59 Å². The van der Waals surface area contributed by atoms with Crippen LogP contribution in [-0.2, 0) is 9.47 Å². The smallest absolute Gasteiger partial charge is 0.408 e. The van der Waals surface area contributed by atoms with E-state index < -0.39 is 23.8 Å². The van der Waals surface area contributed by atoms with E-state index in [1.807, 2.05) is 0 Å². The first kappa shape index (κ1) is 15.6. The Bertz CT molecular complexity index is 340. The Hall–Kier alpha value is -1.50. The van der Waals surface area contributed by atoms with Crippen LogP contribution in [0.15, 0.2) is 0 Å². The first-order chi connectivity index (χ1) is 8.73. The van der Waals surface area contributed by atoms with Gasteiger partial charge >= 0.3 is 12.2 Å². The third-order valence-corrected chi connectivity index (χ3v) is 2.82. The minimum Gasteiger partial charge on any atom is -0.465 e. The van der Waals surface area contributed by atoms with Crippen molar-refractivity contribution in [2.75, 3.05) is 20.2 Å². The SMILES string of the molecule is COC1CCN(C(=O)O)CC1NC(=O)OC(C)(C)C. The summed E-state index contributed by atoms with van der Waals surface area (Å²) in [7, 11) is 1.55. The van der Waals surface area contributed by atoms with Gasteiger partial charge in [-0.3, -0.25) is 0 Å². The molecule has 1 aliphatic rings. The molecule has 2 amide bonds. The average molecular weight is 274 g/mol. The van der Waals surface area contributed by atoms with Gasteiger partial charge in [-0.05, 0) is 27.2 Å². The fraction of sp³-hybridized carbons (Fsp3) is 0.833. The zero-order valence-corrected chi connectivity index (χ0v) is 11.8. The van der Waals surface area contributed by atoms with E-state index in [2.05, 4.69) is 5.32 Å². The molecule has 0 aromatic carbocycles. The summed E-state index contributed by atoms with van der Waals surface area (Å²) in [5, 5.41) is 11.6. The topological polar surface area (TPSA) is 88.1 Å². The summed E-state index contributed by atoms with van der Waals surface area (Å²) in [5.74, 6) is 0. The van der Waals surface area contributed by atoms with Gasteiger partial charge in [-0.2, -0.15) is 0 Å². The molecule has 1 heterocycles. The molecule has 19 heavy (non-hydrogen) atoms. The van der Waals surface area contributed by atoms with Crippen LogP contribution in [0, 0.1) is 0 Å². The minimum absolute atomic E-state index is 0.201. The van der Waals surface area contributed by atoms with Crippen molar-refractivity contribution in [1.29, 1.82) is 0 Å². The number of nitrogens with zero attached hydrogens (tertiary/aromatic N) is 1. The molecule has 1 aliphatic heterocycles. The van der Waals surface area contributed by atoms with Gasteiger partial charge in [-0.25, -0.2) is 9.59 Å². The fourth-order valence-electron chi connectivity index (χ4n) is 1.98. The molecule has 110 valence electrons. The number of piperidine rings is 1. The van der Waals surface area contributed by atoms with Crippen molar-refractivity contribution in [3.8, 4) is 0 Å². The third kappa shape index (κ3) is 4.94. The van der Waals surface area contributed by atoms with Crippen LogP contribution in [0.25, 0.3) is 0 Å². The summed E-state index contributed by atoms with van der Waals surface area (Å²) in [4.78, 5) is 23.9. The molecule has 0 bridgehead atoms. The van der Waals surface area contributed by atoms with Gasteiger partial charge in [0.1, 0.15) is 5.60 Å². The van der Waals surface area contributed by atoms with Crippen molar-refractivity contribution >= 4 is 12.2 Å². The molecule has 7 heteroatoms. The van der Waals surface area contributed by atoms with Crippen LogP contribution in [0.4, 0.5) is 9.59 Å². The second kappa shape index (κ2) is 6.10. The van der Waals surface area contributed by atoms with Crippen LogP contribution in [0.5, 0.6) is 0 Å². The van der Waals surface area contributed by atoms with Crippen LogP contribution in [0.2, 0.25) is 0 Å². The lowest BCUT2D eigenvalue weighted by Gasteiger charge is -2.36. The van der Waals surface area contributed by atoms with Gasteiger partial charge < -0.3 is 24.8 Å². The maximum absolute atomic E-state index is 11.7. The van der Waals surface area contributed by atoms with Gasteiger partial charge in [0, 0.05) is 20.2 Å². The summed E-state index contributed by atoms with van der Waals surface area (Å²) in [5.41, 5.74) is -0.589. The number of likely N-dealkylation sites (tertiary alicyclic amines) is 1. The highest BCUT2D eigenvalue weighted by Crippen LogP contribution is 2.15. The van der Waals surface area contributed by atoms with Crippen LogP contribution in [0.1, 0.15) is 27.2 Å². The molecule has 7 nitrogen and oxygen atoms in total. The number of amides is 2. The molecule has 0 aliphatic carbocycles. The molecular weight excluding hydrogens is 252 g/mol. The zero-order valence-electron chi connectivity index (χ0n) is 11.8. The van der Waals surface area contributed by atoms with E-state index in [1.54, 1.807) is 27.9 Å². The third-order valence-electron chi connectivity index (χ3n) is 2.82. The van der Waals surface area contributed by atoms with Crippen molar-refractivity contribution in [1.82, 2.24) is 10.2 Å². The van der Waals surface area contributed by atoms with E-state index in [0.717, 1.165) is 0 Å². The monoisotopic (exact) mass is 274 g/mol. The van der Waals surface area contributed by atoms with E-state index >= 15 is 0 Å². The predicted octanol–water partition coefficient (Wildman–Crippen LogP) is 1.28. The summed E-state index contributed by atoms with van der Waals surface area (Å²) in [6.07, 6.45) is -1.22. The van der Waals surface area contributed by atoms with Crippen molar-refractivity contribution in [2.24, 2.45) is 0 Å². The maximum atomic E-state index is 11.7. The van der Waals surface area contributed by atoms with Crippen molar-refractivity contribution in [3.05, 3.63) is 0 Å². The highest BCUT2D eigenvalue weighted by Gasteiger charge is 2.33. The molecule has 0 saturated carbocycles. The molecular formula is C12H22N2O5. The van der Waals surface area contributed by atoms with Gasteiger partial charge in [0.05, 0.1) is 12.1 Å². The summed E-state index contributed by atoms with van der Waals surface area (Å²) in [6, 6.07) is -0.398. The highest BCUT2D eigenvalue weighted by molar-refractivity contribution is 5.69. The lowest BCUT2D eigenvalue weighted by atomic mass is 10.0. The van der Waals surface area contributed by atoms with Crippen molar-refractivity contribution in [2.45, 2.75) is 44.9 Å². The molecule has 2 N–H and O–H groups in total. The minimum atomic E-state index is -0.995. The number of carbonyl (C=O) groups is 2. The molecule has 2 unspecified atom stereocenters. The van der Waals surface area contributed by atoms with Gasteiger partial charge in [0.15, 0.2) is 0 Å². The predicted molar refractivity (Wildman–Crippen MR) is 68.2 cm³/mol. The van der Waals surface area contributed by atoms with Crippen molar-refractivity contribution < 1.29 is 24.2 Å². The number of rotatable bonds is 2. The Morgan fingerprint density at radius 2 is 2.00 bits per heavy atom. The number of alkyl carbamates (subject to hydrolysis) is 1. The average Bonchev–Trinajstić information content (AvgIpc) is 2.26. The molecule has 0 radical (unpaired) electrons. The first-order valence-electron chi connectivity index (χ1n) is 6.23. The Kier molecular flexibility index (Phi) is 4.99. The number of carbonyl (C=O) groups excluding carboxylic acids is 1. The van der Waals surface area contributed by atoms with Gasteiger partial charge in [-0.1, -0.05) is 0 Å². The van der Waals surface area contributed by atoms with E-state index in [-0.39, 0.29) is 12.6 Å². The molecule has 1 rings (SSSR count). The second-order valence-electron chi connectivity index (χ2n) is 5.54. The van der Waals surface area contributed by atoms with E-state index in [0.29, 0.717) is 13.0 Å². The highest BCUT2D eigenvalue weighted by atomic mass is 16.6. The second-order valence-corrected chi connectivity index (χ2v) is 5.54. The number of carboxylic acid groups (broad SMARTS) is 1.